The molecule has 0 aliphatic heterocycles. The molecular weight excluding hydrogens is 294 g/mol. The van der Waals surface area contributed by atoms with Gasteiger partial charge in [0.05, 0.1) is 23.8 Å². The van der Waals surface area contributed by atoms with E-state index in [2.05, 4.69) is 16.0 Å². The first kappa shape index (κ1) is 14.4. The Morgan fingerprint density at radius 3 is 2.68 bits per heavy atom. The second-order valence-electron chi connectivity index (χ2n) is 4.53. The Morgan fingerprint density at radius 2 is 1.86 bits per heavy atom. The minimum absolute atomic E-state index is 0.578. The van der Waals surface area contributed by atoms with Crippen LogP contribution in [-0.4, -0.2) is 22.3 Å². The highest BCUT2D eigenvalue weighted by Crippen LogP contribution is 2.24. The number of hydrogen-bond acceptors (Lipinski definition) is 5. The monoisotopic (exact) mass is 307 g/mol. The fourth-order valence-corrected chi connectivity index (χ4v) is 2.83. The molecule has 0 saturated heterocycles. The van der Waals surface area contributed by atoms with Crippen molar-refractivity contribution >= 4 is 22.7 Å². The molecule has 2 aromatic carbocycles. The third-order valence-corrected chi connectivity index (χ3v) is 4.05. The van der Waals surface area contributed by atoms with Gasteiger partial charge in [-0.25, -0.2) is 9.97 Å². The number of aromatic nitrogens is 2. The third kappa shape index (κ3) is 3.35. The summed E-state index contributed by atoms with van der Waals surface area (Å²) < 4.78 is 5.67. The molecule has 0 amide bonds. The van der Waals surface area contributed by atoms with Gasteiger partial charge in [0.25, 0.3) is 0 Å². The molecule has 0 radical (unpaired) electrons. The van der Waals surface area contributed by atoms with Crippen LogP contribution in [0.15, 0.2) is 59.9 Å². The van der Waals surface area contributed by atoms with Crippen molar-refractivity contribution < 1.29 is 4.74 Å². The quantitative estimate of drug-likeness (QED) is 0.409. The lowest BCUT2D eigenvalue weighted by molar-refractivity contribution is 0.344. The molecule has 0 aliphatic carbocycles. The summed E-state index contributed by atoms with van der Waals surface area (Å²) in [5.74, 6) is 1.56. The second-order valence-corrected chi connectivity index (χ2v) is 5.61. The van der Waals surface area contributed by atoms with Gasteiger partial charge in [-0.15, -0.1) is 11.8 Å². The van der Waals surface area contributed by atoms with Crippen LogP contribution in [0.3, 0.4) is 0 Å². The predicted octanol–water partition coefficient (Wildman–Crippen LogP) is 3.67. The first-order valence-electron chi connectivity index (χ1n) is 6.82. The van der Waals surface area contributed by atoms with Gasteiger partial charge in [-0.2, -0.15) is 5.26 Å². The molecule has 0 atom stereocenters. The standard InChI is InChI=1S/C17H13N3OS/c18-11-13-5-7-14(8-6-13)21-9-10-22-17-15-3-1-2-4-16(15)19-12-20-17/h1-8,12H,9-10H2. The number of para-hydroxylation sites is 1. The Labute approximate surface area is 132 Å². The van der Waals surface area contributed by atoms with Gasteiger partial charge in [-0.05, 0) is 30.3 Å². The molecule has 0 fully saturated rings. The molecule has 108 valence electrons. The highest BCUT2D eigenvalue weighted by atomic mass is 32.2. The van der Waals surface area contributed by atoms with E-state index in [1.165, 1.54) is 0 Å². The third-order valence-electron chi connectivity index (χ3n) is 3.08. The van der Waals surface area contributed by atoms with Crippen LogP contribution in [0.4, 0.5) is 0 Å². The van der Waals surface area contributed by atoms with Crippen LogP contribution in [0.2, 0.25) is 0 Å². The van der Waals surface area contributed by atoms with Crippen LogP contribution in [0.5, 0.6) is 5.75 Å². The molecule has 3 rings (SSSR count). The summed E-state index contributed by atoms with van der Waals surface area (Å²) in [6.45, 7) is 0.578. The van der Waals surface area contributed by atoms with E-state index in [1.807, 2.05) is 36.4 Å². The summed E-state index contributed by atoms with van der Waals surface area (Å²) in [5, 5.41) is 10.8. The average Bonchev–Trinajstić information content (AvgIpc) is 2.59. The van der Waals surface area contributed by atoms with E-state index in [-0.39, 0.29) is 0 Å². The molecule has 1 aromatic heterocycles. The summed E-state index contributed by atoms with van der Waals surface area (Å²) in [7, 11) is 0. The Morgan fingerprint density at radius 1 is 1.05 bits per heavy atom. The Bertz CT molecular complexity index is 807. The van der Waals surface area contributed by atoms with E-state index in [0.717, 1.165) is 27.4 Å². The summed E-state index contributed by atoms with van der Waals surface area (Å²) in [6, 6.07) is 17.2. The topological polar surface area (TPSA) is 58.8 Å². The molecule has 22 heavy (non-hydrogen) atoms. The maximum absolute atomic E-state index is 8.75. The minimum atomic E-state index is 0.578. The lowest BCUT2D eigenvalue weighted by Crippen LogP contribution is -2.00. The SMILES string of the molecule is N#Cc1ccc(OCCSc2ncnc3ccccc23)cc1. The zero-order valence-corrected chi connectivity index (χ0v) is 12.6. The van der Waals surface area contributed by atoms with Crippen molar-refractivity contribution in [1.82, 2.24) is 9.97 Å². The molecule has 4 nitrogen and oxygen atoms in total. The van der Waals surface area contributed by atoms with E-state index in [9.17, 15) is 0 Å². The predicted molar refractivity (Wildman–Crippen MR) is 86.9 cm³/mol. The summed E-state index contributed by atoms with van der Waals surface area (Å²) in [6.07, 6.45) is 1.59. The van der Waals surface area contributed by atoms with E-state index in [1.54, 1.807) is 30.2 Å². The van der Waals surface area contributed by atoms with Crippen molar-refractivity contribution in [3.63, 3.8) is 0 Å². The average molecular weight is 307 g/mol. The molecule has 0 aliphatic rings. The largest absolute Gasteiger partial charge is 0.493 e. The van der Waals surface area contributed by atoms with Crippen molar-refractivity contribution in [1.29, 1.82) is 5.26 Å². The van der Waals surface area contributed by atoms with Gasteiger partial charge in [0.2, 0.25) is 0 Å². The van der Waals surface area contributed by atoms with Crippen molar-refractivity contribution in [2.75, 3.05) is 12.4 Å². The number of rotatable bonds is 5. The maximum Gasteiger partial charge on any atom is 0.119 e. The van der Waals surface area contributed by atoms with Gasteiger partial charge in [-0.3, -0.25) is 0 Å². The summed E-state index contributed by atoms with van der Waals surface area (Å²) >= 11 is 1.65. The second kappa shape index (κ2) is 6.92. The van der Waals surface area contributed by atoms with Crippen LogP contribution in [0, 0.1) is 11.3 Å². The van der Waals surface area contributed by atoms with Gasteiger partial charge in [0.1, 0.15) is 17.1 Å². The van der Waals surface area contributed by atoms with Crippen LogP contribution >= 0.6 is 11.8 Å². The number of ether oxygens (including phenoxy) is 1. The van der Waals surface area contributed by atoms with Crippen molar-refractivity contribution in [3.8, 4) is 11.8 Å². The van der Waals surface area contributed by atoms with E-state index in [0.29, 0.717) is 12.2 Å². The molecule has 0 saturated carbocycles. The number of hydrogen-bond donors (Lipinski definition) is 0. The van der Waals surface area contributed by atoms with Crippen LogP contribution in [0.25, 0.3) is 10.9 Å². The normalized spacial score (nSPS) is 10.3. The highest BCUT2D eigenvalue weighted by molar-refractivity contribution is 7.99. The van der Waals surface area contributed by atoms with Crippen LogP contribution < -0.4 is 4.74 Å². The molecule has 5 heteroatoms. The molecule has 0 unspecified atom stereocenters. The number of thioether (sulfide) groups is 1. The maximum atomic E-state index is 8.75. The van der Waals surface area contributed by atoms with Crippen LogP contribution in [-0.2, 0) is 0 Å². The zero-order chi connectivity index (χ0) is 15.2. The Balaban J connectivity index is 1.57. The van der Waals surface area contributed by atoms with Crippen molar-refractivity contribution in [3.05, 3.63) is 60.4 Å². The first-order chi connectivity index (χ1) is 10.9. The molecule has 0 N–H and O–H groups in total. The van der Waals surface area contributed by atoms with Crippen molar-refractivity contribution in [2.45, 2.75) is 5.03 Å². The highest BCUT2D eigenvalue weighted by Gasteiger charge is 2.03. The van der Waals surface area contributed by atoms with Crippen LogP contribution in [0.1, 0.15) is 5.56 Å². The van der Waals surface area contributed by atoms with E-state index >= 15 is 0 Å². The molecule has 3 aromatic rings. The molecule has 1 heterocycles. The number of nitrogens with zero attached hydrogens (tertiary/aromatic N) is 3. The summed E-state index contributed by atoms with van der Waals surface area (Å²) in [4.78, 5) is 8.59. The van der Waals surface area contributed by atoms with Gasteiger partial charge in [-0.1, -0.05) is 18.2 Å². The smallest absolute Gasteiger partial charge is 0.119 e. The van der Waals surface area contributed by atoms with Gasteiger partial charge in [0, 0.05) is 11.1 Å². The lowest BCUT2D eigenvalue weighted by Gasteiger charge is -2.07. The number of fused-ring (bicyclic) bond motifs is 1. The number of benzene rings is 2. The van der Waals surface area contributed by atoms with E-state index < -0.39 is 0 Å². The lowest BCUT2D eigenvalue weighted by atomic mass is 10.2. The van der Waals surface area contributed by atoms with Gasteiger partial charge < -0.3 is 4.74 Å². The molecule has 0 bridgehead atoms. The van der Waals surface area contributed by atoms with E-state index in [4.69, 9.17) is 10.00 Å². The fraction of sp³-hybridized carbons (Fsp3) is 0.118. The zero-order valence-electron chi connectivity index (χ0n) is 11.8. The first-order valence-corrected chi connectivity index (χ1v) is 7.81. The Kier molecular flexibility index (Phi) is 4.52. The fourth-order valence-electron chi connectivity index (χ4n) is 2.02. The molecule has 0 spiro atoms. The van der Waals surface area contributed by atoms with Gasteiger partial charge >= 0.3 is 0 Å². The molecular formula is C17H13N3OS. The van der Waals surface area contributed by atoms with Crippen molar-refractivity contribution in [2.24, 2.45) is 0 Å². The minimum Gasteiger partial charge on any atom is -0.493 e. The Hall–Kier alpha value is -2.58. The van der Waals surface area contributed by atoms with Gasteiger partial charge in [0.15, 0.2) is 0 Å². The summed E-state index contributed by atoms with van der Waals surface area (Å²) in [5.41, 5.74) is 1.59. The number of nitriles is 1.